The molecule has 1 atom stereocenters. The summed E-state index contributed by atoms with van der Waals surface area (Å²) in [6.07, 6.45) is 3.81. The maximum atomic E-state index is 10.3. The van der Waals surface area contributed by atoms with Gasteiger partial charge >= 0.3 is 0 Å². The molecular weight excluding hydrogens is 214 g/mol. The van der Waals surface area contributed by atoms with Crippen molar-refractivity contribution in [2.45, 2.75) is 45.1 Å². The summed E-state index contributed by atoms with van der Waals surface area (Å²) in [5, 5.41) is 10.3. The predicted octanol–water partition coefficient (Wildman–Crippen LogP) is 0.842. The van der Waals surface area contributed by atoms with Gasteiger partial charge in [-0.25, -0.2) is 0 Å². The van der Waals surface area contributed by atoms with Gasteiger partial charge in [0.25, 0.3) is 0 Å². The third kappa shape index (κ3) is 5.00. The zero-order valence-corrected chi connectivity index (χ0v) is 10.4. The number of aliphatic carboxylic acids is 1. The summed E-state index contributed by atoms with van der Waals surface area (Å²) in [7, 11) is 0. The molecule has 0 fully saturated rings. The normalized spacial score (nSPS) is 12.4. The number of carbonyl (C=O) groups is 1. The van der Waals surface area contributed by atoms with Crippen LogP contribution in [0.4, 0.5) is 0 Å². The fourth-order valence-corrected chi connectivity index (χ4v) is 1.90. The minimum atomic E-state index is -0.976. The number of carboxylic acids is 1. The largest absolute Gasteiger partial charge is 0.550 e. The summed E-state index contributed by atoms with van der Waals surface area (Å²) in [4.78, 5) is 10.3. The van der Waals surface area contributed by atoms with Crippen LogP contribution >= 0.6 is 0 Å². The van der Waals surface area contributed by atoms with E-state index in [2.05, 4.69) is 36.9 Å². The van der Waals surface area contributed by atoms with Crippen LogP contribution in [0.25, 0.3) is 0 Å². The summed E-state index contributed by atoms with van der Waals surface area (Å²) in [5.74, 6) is -0.976. The van der Waals surface area contributed by atoms with E-state index in [1.165, 1.54) is 11.1 Å². The highest BCUT2D eigenvalue weighted by molar-refractivity contribution is 5.64. The molecule has 0 spiro atoms. The van der Waals surface area contributed by atoms with Gasteiger partial charge < -0.3 is 15.6 Å². The van der Waals surface area contributed by atoms with Crippen LogP contribution in [-0.2, 0) is 11.2 Å². The van der Waals surface area contributed by atoms with Crippen molar-refractivity contribution in [3.8, 4) is 0 Å². The molecule has 1 rings (SSSR count). The van der Waals surface area contributed by atoms with Crippen LogP contribution in [0, 0.1) is 0 Å². The van der Waals surface area contributed by atoms with Crippen molar-refractivity contribution in [1.82, 2.24) is 0 Å². The first kappa shape index (κ1) is 13.7. The second kappa shape index (κ2) is 7.07. The van der Waals surface area contributed by atoms with E-state index in [-0.39, 0.29) is 12.5 Å². The Hall–Kier alpha value is -1.35. The van der Waals surface area contributed by atoms with Gasteiger partial charge in [0.15, 0.2) is 0 Å². The van der Waals surface area contributed by atoms with Gasteiger partial charge in [-0.05, 0) is 24.8 Å². The Kier molecular flexibility index (Phi) is 5.70. The first-order chi connectivity index (χ1) is 8.13. The lowest BCUT2D eigenvalue weighted by molar-refractivity contribution is -0.428. The summed E-state index contributed by atoms with van der Waals surface area (Å²) in [6.45, 7) is 2.16. The Morgan fingerprint density at radius 3 is 2.53 bits per heavy atom. The van der Waals surface area contributed by atoms with E-state index in [1.54, 1.807) is 0 Å². The monoisotopic (exact) mass is 235 g/mol. The molecular formula is C14H21NO2. The lowest BCUT2D eigenvalue weighted by Gasteiger charge is -2.10. The number of quaternary nitrogens is 1. The summed E-state index contributed by atoms with van der Waals surface area (Å²) >= 11 is 0. The standard InChI is InChI=1S/C14H21NO2/c1-2-4-11-7-9-12(10-8-11)13(15)5-3-6-14(16)17/h7-10,13H,2-6,15H2,1H3,(H,16,17)/t13-/m1/s1. The van der Waals surface area contributed by atoms with Crippen LogP contribution in [0.3, 0.4) is 0 Å². The molecule has 0 aliphatic rings. The van der Waals surface area contributed by atoms with Gasteiger partial charge in [-0.2, -0.15) is 0 Å². The van der Waals surface area contributed by atoms with E-state index >= 15 is 0 Å². The zero-order valence-electron chi connectivity index (χ0n) is 10.4. The number of hydrogen-bond acceptors (Lipinski definition) is 2. The van der Waals surface area contributed by atoms with Gasteiger partial charge in [0.2, 0.25) is 0 Å². The molecule has 0 aliphatic carbocycles. The number of aryl methyl sites for hydroxylation is 1. The summed E-state index contributed by atoms with van der Waals surface area (Å²) in [5.41, 5.74) is 6.60. The molecule has 0 bridgehead atoms. The number of carbonyl (C=O) groups excluding carboxylic acids is 1. The van der Waals surface area contributed by atoms with Crippen molar-refractivity contribution in [2.24, 2.45) is 0 Å². The number of carboxylic acid groups (broad SMARTS) is 1. The van der Waals surface area contributed by atoms with Crippen LogP contribution in [0.5, 0.6) is 0 Å². The smallest absolute Gasteiger partial charge is 0.110 e. The van der Waals surface area contributed by atoms with Crippen molar-refractivity contribution < 1.29 is 15.6 Å². The fraction of sp³-hybridized carbons (Fsp3) is 0.500. The highest BCUT2D eigenvalue weighted by Gasteiger charge is 2.08. The number of hydrogen-bond donors (Lipinski definition) is 1. The molecule has 0 aromatic heterocycles. The molecule has 0 saturated carbocycles. The van der Waals surface area contributed by atoms with Gasteiger partial charge in [0.05, 0.1) is 0 Å². The summed E-state index contributed by atoms with van der Waals surface area (Å²) in [6, 6.07) is 8.64. The average molecular weight is 235 g/mol. The maximum absolute atomic E-state index is 10.3. The minimum absolute atomic E-state index is 0.125. The Morgan fingerprint density at radius 2 is 2.00 bits per heavy atom. The van der Waals surface area contributed by atoms with Gasteiger partial charge in [0, 0.05) is 18.0 Å². The Balaban J connectivity index is 2.45. The van der Waals surface area contributed by atoms with Crippen LogP contribution in [0.1, 0.15) is 49.8 Å². The summed E-state index contributed by atoms with van der Waals surface area (Å²) < 4.78 is 0. The third-order valence-corrected chi connectivity index (χ3v) is 2.92. The van der Waals surface area contributed by atoms with Crippen LogP contribution in [0.2, 0.25) is 0 Å². The number of benzene rings is 1. The highest BCUT2D eigenvalue weighted by atomic mass is 16.4. The van der Waals surface area contributed by atoms with E-state index < -0.39 is 5.97 Å². The molecule has 94 valence electrons. The first-order valence-corrected chi connectivity index (χ1v) is 6.25. The average Bonchev–Trinajstić information content (AvgIpc) is 2.30. The second-order valence-corrected chi connectivity index (χ2v) is 4.45. The van der Waals surface area contributed by atoms with Crippen LogP contribution in [-0.4, -0.2) is 5.97 Å². The SMILES string of the molecule is CCCc1ccc([C@H]([NH3+])CCCC(=O)[O-])cc1. The van der Waals surface area contributed by atoms with Crippen molar-refractivity contribution in [1.29, 1.82) is 0 Å². The highest BCUT2D eigenvalue weighted by Crippen LogP contribution is 2.16. The fourth-order valence-electron chi connectivity index (χ4n) is 1.90. The maximum Gasteiger partial charge on any atom is 0.110 e. The lowest BCUT2D eigenvalue weighted by atomic mass is 9.99. The van der Waals surface area contributed by atoms with Crippen molar-refractivity contribution >= 4 is 5.97 Å². The van der Waals surface area contributed by atoms with Gasteiger partial charge in [0.1, 0.15) is 6.04 Å². The first-order valence-electron chi connectivity index (χ1n) is 6.25. The molecule has 3 N–H and O–H groups in total. The topological polar surface area (TPSA) is 67.8 Å². The van der Waals surface area contributed by atoms with Crippen molar-refractivity contribution in [3.63, 3.8) is 0 Å². The molecule has 0 aliphatic heterocycles. The third-order valence-electron chi connectivity index (χ3n) is 2.92. The molecule has 3 nitrogen and oxygen atoms in total. The molecule has 0 amide bonds. The van der Waals surface area contributed by atoms with Gasteiger partial charge in [-0.3, -0.25) is 0 Å². The van der Waals surface area contributed by atoms with Gasteiger partial charge in [-0.15, -0.1) is 0 Å². The minimum Gasteiger partial charge on any atom is -0.550 e. The molecule has 3 heteroatoms. The van der Waals surface area contributed by atoms with Crippen LogP contribution in [0.15, 0.2) is 24.3 Å². The van der Waals surface area contributed by atoms with Crippen molar-refractivity contribution in [2.75, 3.05) is 0 Å². The molecule has 0 saturated heterocycles. The molecule has 1 aromatic rings. The zero-order chi connectivity index (χ0) is 12.7. The molecule has 0 heterocycles. The van der Waals surface area contributed by atoms with E-state index in [0.717, 1.165) is 19.3 Å². The lowest BCUT2D eigenvalue weighted by Crippen LogP contribution is -2.53. The van der Waals surface area contributed by atoms with Gasteiger partial charge in [-0.1, -0.05) is 37.6 Å². The Bertz CT molecular complexity index is 346. The van der Waals surface area contributed by atoms with Crippen molar-refractivity contribution in [3.05, 3.63) is 35.4 Å². The number of rotatable bonds is 7. The van der Waals surface area contributed by atoms with E-state index in [0.29, 0.717) is 6.42 Å². The molecule has 0 unspecified atom stereocenters. The van der Waals surface area contributed by atoms with Crippen LogP contribution < -0.4 is 10.8 Å². The molecule has 17 heavy (non-hydrogen) atoms. The van der Waals surface area contributed by atoms with E-state index in [1.807, 2.05) is 0 Å². The molecule has 0 radical (unpaired) electrons. The second-order valence-electron chi connectivity index (χ2n) is 4.45. The quantitative estimate of drug-likeness (QED) is 0.761. The van der Waals surface area contributed by atoms with E-state index in [9.17, 15) is 9.90 Å². The van der Waals surface area contributed by atoms with E-state index in [4.69, 9.17) is 0 Å². The Morgan fingerprint density at radius 1 is 1.35 bits per heavy atom. The predicted molar refractivity (Wildman–Crippen MR) is 64.9 cm³/mol. The molecule has 1 aromatic carbocycles. The Labute approximate surface area is 103 Å².